The predicted octanol–water partition coefficient (Wildman–Crippen LogP) is 4.59. The van der Waals surface area contributed by atoms with Crippen molar-refractivity contribution in [2.24, 2.45) is 0 Å². The number of anilines is 1. The molecule has 0 aliphatic carbocycles. The normalized spacial score (nSPS) is 12.6. The maximum atomic E-state index is 11.2. The summed E-state index contributed by atoms with van der Waals surface area (Å²) in [5.74, 6) is 0. The number of unbranched alkanes of at least 4 members (excludes halogenated alkanes) is 4. The zero-order valence-corrected chi connectivity index (χ0v) is 18.6. The molecule has 0 bridgehead atoms. The Bertz CT molecular complexity index is 594. The van der Waals surface area contributed by atoms with E-state index in [-0.39, 0.29) is 12.4 Å². The topological polar surface area (TPSA) is 69.6 Å². The van der Waals surface area contributed by atoms with Crippen LogP contribution < -0.4 is 4.72 Å². The largest absolute Gasteiger partial charge is 0.388 e. The lowest BCUT2D eigenvalue weighted by atomic mass is 10.0. The lowest BCUT2D eigenvalue weighted by Gasteiger charge is -2.21. The Labute approximate surface area is 172 Å². The summed E-state index contributed by atoms with van der Waals surface area (Å²) >= 11 is 0. The van der Waals surface area contributed by atoms with Crippen molar-refractivity contribution in [1.29, 1.82) is 0 Å². The van der Waals surface area contributed by atoms with Crippen molar-refractivity contribution in [2.45, 2.75) is 64.9 Å². The highest BCUT2D eigenvalue weighted by molar-refractivity contribution is 7.92. The quantitative estimate of drug-likeness (QED) is 0.432. The summed E-state index contributed by atoms with van der Waals surface area (Å²) in [5, 5.41) is 10.3. The maximum absolute atomic E-state index is 11.2. The van der Waals surface area contributed by atoms with Crippen molar-refractivity contribution in [1.82, 2.24) is 4.90 Å². The van der Waals surface area contributed by atoms with Gasteiger partial charge in [-0.15, -0.1) is 12.4 Å². The minimum atomic E-state index is -3.27. The van der Waals surface area contributed by atoms with E-state index < -0.39 is 16.1 Å². The van der Waals surface area contributed by atoms with Crippen LogP contribution in [0, 0.1) is 0 Å². The van der Waals surface area contributed by atoms with Gasteiger partial charge in [0.05, 0.1) is 12.4 Å². The molecule has 5 nitrogen and oxygen atoms in total. The summed E-state index contributed by atoms with van der Waals surface area (Å²) in [6.45, 7) is 7.63. The van der Waals surface area contributed by atoms with Gasteiger partial charge in [-0.05, 0) is 56.6 Å². The molecule has 1 atom stereocenters. The highest BCUT2D eigenvalue weighted by Gasteiger charge is 2.10. The van der Waals surface area contributed by atoms with Gasteiger partial charge in [-0.1, -0.05) is 51.7 Å². The Morgan fingerprint density at radius 3 is 2.15 bits per heavy atom. The number of hydrogen-bond donors (Lipinski definition) is 2. The fourth-order valence-corrected chi connectivity index (χ4v) is 3.59. The van der Waals surface area contributed by atoms with E-state index in [2.05, 4.69) is 23.5 Å². The fourth-order valence-electron chi connectivity index (χ4n) is 3.03. The summed E-state index contributed by atoms with van der Waals surface area (Å²) in [5.41, 5.74) is 1.34. The van der Waals surface area contributed by atoms with Crippen LogP contribution in [0.5, 0.6) is 0 Å². The van der Waals surface area contributed by atoms with Crippen LogP contribution in [0.15, 0.2) is 24.3 Å². The molecular weight excluding hydrogens is 384 g/mol. The van der Waals surface area contributed by atoms with E-state index in [0.717, 1.165) is 37.9 Å². The van der Waals surface area contributed by atoms with Gasteiger partial charge in [-0.25, -0.2) is 8.42 Å². The number of aliphatic hydroxyl groups excluding tert-OH is 1. The van der Waals surface area contributed by atoms with Crippen molar-refractivity contribution in [3.8, 4) is 0 Å². The van der Waals surface area contributed by atoms with Crippen molar-refractivity contribution in [3.63, 3.8) is 0 Å². The molecule has 0 aromatic heterocycles. The Kier molecular flexibility index (Phi) is 13.8. The molecule has 7 heteroatoms. The molecule has 0 aliphatic rings. The molecule has 1 aromatic carbocycles. The highest BCUT2D eigenvalue weighted by atomic mass is 35.5. The molecule has 1 aromatic rings. The first kappa shape index (κ1) is 26.2. The molecule has 1 rings (SSSR count). The number of benzene rings is 1. The van der Waals surface area contributed by atoms with Gasteiger partial charge in [-0.3, -0.25) is 4.72 Å². The third kappa shape index (κ3) is 12.3. The minimum absolute atomic E-state index is 0. The zero-order valence-electron chi connectivity index (χ0n) is 17.0. The molecule has 27 heavy (non-hydrogen) atoms. The Morgan fingerprint density at radius 1 is 1.00 bits per heavy atom. The maximum Gasteiger partial charge on any atom is 0.229 e. The molecule has 0 amide bonds. The Hall–Kier alpha value is -0.820. The molecule has 1 unspecified atom stereocenters. The molecule has 0 heterocycles. The summed E-state index contributed by atoms with van der Waals surface area (Å²) in [4.78, 5) is 2.46. The van der Waals surface area contributed by atoms with Crippen molar-refractivity contribution in [2.75, 3.05) is 30.6 Å². The lowest BCUT2D eigenvalue weighted by Crippen LogP contribution is -2.26. The first-order valence-electron chi connectivity index (χ1n) is 9.84. The van der Waals surface area contributed by atoms with Gasteiger partial charge in [0.25, 0.3) is 0 Å². The SMILES string of the molecule is CCCCCCCN(CC)CCCC(O)c1ccc(NS(C)(=O)=O)cc1.Cl. The Morgan fingerprint density at radius 2 is 1.59 bits per heavy atom. The second kappa shape index (κ2) is 14.2. The molecule has 0 saturated heterocycles. The summed E-state index contributed by atoms with van der Waals surface area (Å²) < 4.78 is 24.9. The molecule has 0 saturated carbocycles. The van der Waals surface area contributed by atoms with Gasteiger partial charge >= 0.3 is 0 Å². The third-order valence-corrected chi connectivity index (χ3v) is 5.18. The van der Waals surface area contributed by atoms with Crippen molar-refractivity contribution in [3.05, 3.63) is 29.8 Å². The van der Waals surface area contributed by atoms with Crippen LogP contribution in [0.3, 0.4) is 0 Å². The van der Waals surface area contributed by atoms with Crippen molar-refractivity contribution >= 4 is 28.1 Å². The number of aliphatic hydroxyl groups is 1. The molecule has 0 spiro atoms. The van der Waals surface area contributed by atoms with Gasteiger partial charge in [0.1, 0.15) is 0 Å². The van der Waals surface area contributed by atoms with Crippen LogP contribution in [0.25, 0.3) is 0 Å². The molecule has 0 aliphatic heterocycles. The molecule has 0 radical (unpaired) electrons. The smallest absolute Gasteiger partial charge is 0.229 e. The van der Waals surface area contributed by atoms with Crippen LogP contribution >= 0.6 is 12.4 Å². The molecule has 2 N–H and O–H groups in total. The summed E-state index contributed by atoms with van der Waals surface area (Å²) in [6.07, 6.45) is 8.78. The van der Waals surface area contributed by atoms with Gasteiger partial charge in [0.15, 0.2) is 0 Å². The van der Waals surface area contributed by atoms with E-state index in [1.54, 1.807) is 24.3 Å². The van der Waals surface area contributed by atoms with Crippen LogP contribution in [0.4, 0.5) is 5.69 Å². The van der Waals surface area contributed by atoms with Crippen LogP contribution in [0.2, 0.25) is 0 Å². The number of nitrogens with one attached hydrogen (secondary N) is 1. The number of hydrogen-bond acceptors (Lipinski definition) is 4. The number of sulfonamides is 1. The second-order valence-electron chi connectivity index (χ2n) is 7.00. The first-order valence-corrected chi connectivity index (χ1v) is 11.7. The minimum Gasteiger partial charge on any atom is -0.388 e. The van der Waals surface area contributed by atoms with E-state index >= 15 is 0 Å². The zero-order chi connectivity index (χ0) is 19.4. The van der Waals surface area contributed by atoms with E-state index in [1.807, 2.05) is 0 Å². The Balaban J connectivity index is 0.00000676. The van der Waals surface area contributed by atoms with Gasteiger partial charge in [-0.2, -0.15) is 0 Å². The number of halogens is 1. The average molecular weight is 421 g/mol. The van der Waals surface area contributed by atoms with E-state index in [0.29, 0.717) is 12.1 Å². The second-order valence-corrected chi connectivity index (χ2v) is 8.75. The lowest BCUT2D eigenvalue weighted by molar-refractivity contribution is 0.155. The molecule has 0 fully saturated rings. The first-order chi connectivity index (χ1) is 12.4. The summed E-state index contributed by atoms with van der Waals surface area (Å²) in [7, 11) is -3.27. The predicted molar refractivity (Wildman–Crippen MR) is 117 cm³/mol. The van der Waals surface area contributed by atoms with Gasteiger partial charge in [0.2, 0.25) is 10.0 Å². The summed E-state index contributed by atoms with van der Waals surface area (Å²) in [6, 6.07) is 6.94. The van der Waals surface area contributed by atoms with E-state index in [1.165, 1.54) is 32.1 Å². The highest BCUT2D eigenvalue weighted by Crippen LogP contribution is 2.21. The third-order valence-electron chi connectivity index (χ3n) is 4.58. The fraction of sp³-hybridized carbons (Fsp3) is 0.700. The molecular formula is C20H37ClN2O3S. The number of nitrogens with zero attached hydrogens (tertiary/aromatic N) is 1. The van der Waals surface area contributed by atoms with Crippen LogP contribution in [0.1, 0.15) is 70.5 Å². The van der Waals surface area contributed by atoms with E-state index in [4.69, 9.17) is 0 Å². The standard InChI is InChI=1S/C20H36N2O3S.ClH/c1-4-6-7-8-9-16-22(5-2)17-10-11-20(23)18-12-14-19(15-13-18)21-26(3,24)25;/h12-15,20-21,23H,4-11,16-17H2,1-3H3;1H. The monoisotopic (exact) mass is 420 g/mol. The van der Waals surface area contributed by atoms with E-state index in [9.17, 15) is 13.5 Å². The van der Waals surface area contributed by atoms with Crippen LogP contribution in [-0.2, 0) is 10.0 Å². The average Bonchev–Trinajstić information content (AvgIpc) is 2.59. The van der Waals surface area contributed by atoms with Gasteiger partial charge in [0, 0.05) is 5.69 Å². The number of rotatable bonds is 14. The van der Waals surface area contributed by atoms with Crippen molar-refractivity contribution < 1.29 is 13.5 Å². The van der Waals surface area contributed by atoms with Crippen LogP contribution in [-0.4, -0.2) is 44.3 Å². The van der Waals surface area contributed by atoms with Gasteiger partial charge < -0.3 is 10.0 Å². The molecule has 158 valence electrons.